The van der Waals surface area contributed by atoms with Gasteiger partial charge in [0.25, 0.3) is 0 Å². The molecule has 0 heterocycles. The van der Waals surface area contributed by atoms with Gasteiger partial charge in [0, 0.05) is 0 Å². The number of guanidine groups is 1. The van der Waals surface area contributed by atoms with Gasteiger partial charge >= 0.3 is 0 Å². The highest BCUT2D eigenvalue weighted by atomic mass is 32.2. The van der Waals surface area contributed by atoms with Gasteiger partial charge in [0.2, 0.25) is 5.91 Å². The van der Waals surface area contributed by atoms with Crippen molar-refractivity contribution in [3.8, 4) is 12.3 Å². The Kier molecular flexibility index (Phi) is 6.90. The number of amidine groups is 1. The topological polar surface area (TPSA) is 117 Å². The molecule has 0 aromatic carbocycles. The van der Waals surface area contributed by atoms with E-state index in [1.165, 1.54) is 0 Å². The van der Waals surface area contributed by atoms with Crippen molar-refractivity contribution < 1.29 is 4.79 Å². The van der Waals surface area contributed by atoms with Gasteiger partial charge in [-0.15, -0.1) is 6.42 Å². The molecule has 0 aliphatic carbocycles. The average Bonchev–Trinajstić information content (AvgIpc) is 2.33. The minimum absolute atomic E-state index is 0.0546. The predicted octanol–water partition coefficient (Wildman–Crippen LogP) is 0.236. The SMILES string of the molecule is C#CC(CC)(CC)NC(=O)CSC(=N)N=C(N)N. The Morgan fingerprint density at radius 1 is 1.50 bits per heavy atom. The van der Waals surface area contributed by atoms with Crippen LogP contribution in [0.2, 0.25) is 0 Å². The van der Waals surface area contributed by atoms with Gasteiger partial charge in [0.15, 0.2) is 11.1 Å². The van der Waals surface area contributed by atoms with Gasteiger partial charge in [-0.3, -0.25) is 10.2 Å². The molecule has 7 heteroatoms. The first-order chi connectivity index (χ1) is 8.39. The van der Waals surface area contributed by atoms with E-state index in [1.807, 2.05) is 13.8 Å². The molecule has 0 aliphatic rings. The van der Waals surface area contributed by atoms with Crippen LogP contribution in [0.25, 0.3) is 0 Å². The van der Waals surface area contributed by atoms with E-state index in [-0.39, 0.29) is 22.8 Å². The van der Waals surface area contributed by atoms with Crippen molar-refractivity contribution in [2.75, 3.05) is 5.75 Å². The maximum atomic E-state index is 11.7. The first-order valence-electron chi connectivity index (χ1n) is 5.49. The summed E-state index contributed by atoms with van der Waals surface area (Å²) in [5.74, 6) is 2.22. The Morgan fingerprint density at radius 2 is 2.06 bits per heavy atom. The van der Waals surface area contributed by atoms with Gasteiger partial charge in [-0.2, -0.15) is 4.99 Å². The summed E-state index contributed by atoms with van der Waals surface area (Å²) in [4.78, 5) is 15.2. The number of amides is 1. The van der Waals surface area contributed by atoms with Gasteiger partial charge in [0.05, 0.1) is 5.75 Å². The van der Waals surface area contributed by atoms with Gasteiger partial charge in [-0.1, -0.05) is 31.5 Å². The lowest BCUT2D eigenvalue weighted by molar-refractivity contribution is -0.119. The number of nitrogens with one attached hydrogen (secondary N) is 2. The third-order valence-electron chi connectivity index (χ3n) is 2.43. The van der Waals surface area contributed by atoms with E-state index < -0.39 is 5.54 Å². The van der Waals surface area contributed by atoms with Crippen LogP contribution in [0.15, 0.2) is 4.99 Å². The minimum atomic E-state index is -0.615. The Bertz CT molecular complexity index is 377. The molecule has 0 aliphatic heterocycles. The zero-order valence-electron chi connectivity index (χ0n) is 10.6. The second-order valence-electron chi connectivity index (χ2n) is 3.61. The van der Waals surface area contributed by atoms with Crippen molar-refractivity contribution in [3.63, 3.8) is 0 Å². The normalized spacial score (nSPS) is 10.3. The van der Waals surface area contributed by atoms with E-state index in [2.05, 4.69) is 16.2 Å². The number of thioether (sulfide) groups is 1. The van der Waals surface area contributed by atoms with E-state index in [0.717, 1.165) is 11.8 Å². The Morgan fingerprint density at radius 3 is 2.44 bits per heavy atom. The number of nitrogens with two attached hydrogens (primary N) is 2. The van der Waals surface area contributed by atoms with Crippen LogP contribution >= 0.6 is 11.8 Å². The molecule has 6 nitrogen and oxygen atoms in total. The van der Waals surface area contributed by atoms with E-state index >= 15 is 0 Å². The molecule has 1 amide bonds. The van der Waals surface area contributed by atoms with Crippen LogP contribution in [0.3, 0.4) is 0 Å². The number of aliphatic imine (C=N–C) groups is 1. The lowest BCUT2D eigenvalue weighted by atomic mass is 9.94. The predicted molar refractivity (Wildman–Crippen MR) is 76.3 cm³/mol. The molecule has 0 saturated heterocycles. The van der Waals surface area contributed by atoms with Crippen LogP contribution < -0.4 is 16.8 Å². The molecule has 0 fully saturated rings. The number of terminal acetylenes is 1. The fourth-order valence-corrected chi connectivity index (χ4v) is 1.76. The van der Waals surface area contributed by atoms with E-state index in [0.29, 0.717) is 12.8 Å². The summed E-state index contributed by atoms with van der Waals surface area (Å²) in [6.07, 6.45) is 6.74. The summed E-state index contributed by atoms with van der Waals surface area (Å²) < 4.78 is 0. The molecule has 6 N–H and O–H groups in total. The summed E-state index contributed by atoms with van der Waals surface area (Å²) in [6, 6.07) is 0. The summed E-state index contributed by atoms with van der Waals surface area (Å²) in [7, 11) is 0. The third-order valence-corrected chi connectivity index (χ3v) is 3.20. The summed E-state index contributed by atoms with van der Waals surface area (Å²) >= 11 is 0.940. The number of nitrogens with zero attached hydrogens (tertiary/aromatic N) is 1. The van der Waals surface area contributed by atoms with Crippen molar-refractivity contribution in [2.24, 2.45) is 16.5 Å². The molecule has 0 spiro atoms. The minimum Gasteiger partial charge on any atom is -0.370 e. The highest BCUT2D eigenvalue weighted by Gasteiger charge is 2.25. The Hall–Kier alpha value is -1.68. The zero-order chi connectivity index (χ0) is 14.2. The first kappa shape index (κ1) is 16.3. The fourth-order valence-electron chi connectivity index (χ4n) is 1.25. The molecule has 0 aromatic heterocycles. The van der Waals surface area contributed by atoms with Crippen molar-refractivity contribution in [1.82, 2.24) is 5.32 Å². The number of hydrogen-bond acceptors (Lipinski definition) is 3. The van der Waals surface area contributed by atoms with Crippen LogP contribution in [-0.4, -0.2) is 28.3 Å². The fraction of sp³-hybridized carbons (Fsp3) is 0.545. The standard InChI is InChI=1S/C11H19N5OS/c1-4-11(5-2,6-3)16-8(17)7-18-10(14)15-9(12)13/h1H,5-7H2,2-3H3,(H,16,17)(H5,12,13,14,15). The molecule has 0 unspecified atom stereocenters. The molecule has 0 saturated carbocycles. The highest BCUT2D eigenvalue weighted by Crippen LogP contribution is 2.14. The van der Waals surface area contributed by atoms with Crippen LogP contribution in [0, 0.1) is 17.8 Å². The largest absolute Gasteiger partial charge is 0.370 e. The Labute approximate surface area is 111 Å². The zero-order valence-corrected chi connectivity index (χ0v) is 11.4. The van der Waals surface area contributed by atoms with Gasteiger partial charge in [-0.25, -0.2) is 0 Å². The maximum Gasteiger partial charge on any atom is 0.231 e. The summed E-state index contributed by atoms with van der Waals surface area (Å²) in [5.41, 5.74) is 9.61. The van der Waals surface area contributed by atoms with Crippen molar-refractivity contribution >= 4 is 28.8 Å². The molecule has 0 atom stereocenters. The van der Waals surface area contributed by atoms with Crippen LogP contribution in [-0.2, 0) is 4.79 Å². The number of rotatable bonds is 5. The first-order valence-corrected chi connectivity index (χ1v) is 6.47. The highest BCUT2D eigenvalue weighted by molar-refractivity contribution is 8.14. The smallest absolute Gasteiger partial charge is 0.231 e. The summed E-state index contributed by atoms with van der Waals surface area (Å²) in [5, 5.41) is 10.1. The second-order valence-corrected chi connectivity index (χ2v) is 4.58. The molecule has 0 radical (unpaired) electrons. The van der Waals surface area contributed by atoms with Crippen molar-refractivity contribution in [1.29, 1.82) is 5.41 Å². The number of hydrogen-bond donors (Lipinski definition) is 4. The van der Waals surface area contributed by atoms with E-state index in [1.54, 1.807) is 0 Å². The molecule has 0 rings (SSSR count). The molecule has 0 aromatic rings. The van der Waals surface area contributed by atoms with Gasteiger partial charge in [-0.05, 0) is 12.8 Å². The van der Waals surface area contributed by atoms with Gasteiger partial charge in [0.1, 0.15) is 5.54 Å². The third kappa shape index (κ3) is 5.59. The van der Waals surface area contributed by atoms with Crippen molar-refractivity contribution in [3.05, 3.63) is 0 Å². The lowest BCUT2D eigenvalue weighted by Gasteiger charge is -2.26. The quantitative estimate of drug-likeness (QED) is 0.325. The van der Waals surface area contributed by atoms with E-state index in [9.17, 15) is 4.79 Å². The number of carbonyl (C=O) groups is 1. The molecule has 0 bridgehead atoms. The van der Waals surface area contributed by atoms with E-state index in [4.69, 9.17) is 23.3 Å². The molecular weight excluding hydrogens is 250 g/mol. The van der Waals surface area contributed by atoms with Crippen LogP contribution in [0.1, 0.15) is 26.7 Å². The summed E-state index contributed by atoms with van der Waals surface area (Å²) in [6.45, 7) is 3.83. The van der Waals surface area contributed by atoms with Gasteiger partial charge < -0.3 is 16.8 Å². The van der Waals surface area contributed by atoms with Crippen molar-refractivity contribution in [2.45, 2.75) is 32.2 Å². The molecular formula is C11H19N5OS. The second kappa shape index (κ2) is 7.61. The average molecular weight is 269 g/mol. The molecule has 18 heavy (non-hydrogen) atoms. The van der Waals surface area contributed by atoms with Crippen LogP contribution in [0.4, 0.5) is 0 Å². The monoisotopic (exact) mass is 269 g/mol. The van der Waals surface area contributed by atoms with Crippen LogP contribution in [0.5, 0.6) is 0 Å². The number of carbonyl (C=O) groups excluding carboxylic acids is 1. The Balaban J connectivity index is 4.33. The maximum absolute atomic E-state index is 11.7. The molecule has 100 valence electrons. The lowest BCUT2D eigenvalue weighted by Crippen LogP contribution is -2.47.